The van der Waals surface area contributed by atoms with Gasteiger partial charge in [0, 0.05) is 20.5 Å². The summed E-state index contributed by atoms with van der Waals surface area (Å²) in [7, 11) is 0. The fraction of sp³-hybridized carbons (Fsp3) is 0.0667. The molecule has 0 aromatic carbocycles. The molecule has 0 aliphatic rings. The van der Waals surface area contributed by atoms with Gasteiger partial charge in [-0.3, -0.25) is 0 Å². The molecule has 94 valence electrons. The largest absolute Gasteiger partial charge is 0.354 e. The Morgan fingerprint density at radius 2 is 1.79 bits per heavy atom. The van der Waals surface area contributed by atoms with E-state index in [1.54, 1.807) is 11.3 Å². The average molecular weight is 284 g/mol. The summed E-state index contributed by atoms with van der Waals surface area (Å²) in [5.74, 6) is 0. The van der Waals surface area contributed by atoms with Gasteiger partial charge in [-0.15, -0.1) is 22.7 Å². The molecule has 0 bridgehead atoms. The van der Waals surface area contributed by atoms with Crippen molar-refractivity contribution in [3.63, 3.8) is 0 Å². The van der Waals surface area contributed by atoms with E-state index in [9.17, 15) is 0 Å². The number of fused-ring (bicyclic) bond motifs is 2. The van der Waals surface area contributed by atoms with Crippen molar-refractivity contribution in [3.05, 3.63) is 44.7 Å². The number of nitrogens with one attached hydrogen (secondary N) is 2. The standard InChI is InChI=1S/C15H12N2S2/c1-8-3-12-14(18-8)6-10(16-12)5-11-7-15-13(17-11)4-9(2)19-15/h3-7,16-17H,1H2,2H3/b10-5-. The minimum Gasteiger partial charge on any atom is -0.354 e. The summed E-state index contributed by atoms with van der Waals surface area (Å²) in [5, 5.41) is 1.13. The van der Waals surface area contributed by atoms with Crippen LogP contribution in [0, 0.1) is 6.92 Å². The van der Waals surface area contributed by atoms with Gasteiger partial charge in [0.15, 0.2) is 0 Å². The van der Waals surface area contributed by atoms with Crippen molar-refractivity contribution in [3.8, 4) is 0 Å². The molecule has 4 aromatic heterocycles. The van der Waals surface area contributed by atoms with E-state index in [4.69, 9.17) is 0 Å². The van der Waals surface area contributed by atoms with E-state index < -0.39 is 0 Å². The van der Waals surface area contributed by atoms with Crippen LogP contribution >= 0.6 is 22.7 Å². The van der Waals surface area contributed by atoms with Crippen LogP contribution in [-0.2, 0) is 0 Å². The van der Waals surface area contributed by atoms with Crippen molar-refractivity contribution in [2.45, 2.75) is 6.92 Å². The molecule has 4 heterocycles. The van der Waals surface area contributed by atoms with E-state index in [0.717, 1.165) is 15.6 Å². The first kappa shape index (κ1) is 11.1. The first-order valence-corrected chi connectivity index (χ1v) is 7.69. The second-order valence-electron chi connectivity index (χ2n) is 4.72. The van der Waals surface area contributed by atoms with Crippen molar-refractivity contribution in [2.24, 2.45) is 0 Å². The Morgan fingerprint density at radius 1 is 1.00 bits per heavy atom. The van der Waals surface area contributed by atoms with Crippen LogP contribution in [0.5, 0.6) is 0 Å². The topological polar surface area (TPSA) is 31.6 Å². The van der Waals surface area contributed by atoms with Crippen LogP contribution in [0.15, 0.2) is 24.3 Å². The molecule has 0 unspecified atom stereocenters. The molecule has 0 radical (unpaired) electrons. The Labute approximate surface area is 117 Å². The number of hydrogen-bond donors (Lipinski definition) is 2. The predicted octanol–water partition coefficient (Wildman–Crippen LogP) is 3.32. The lowest BCUT2D eigenvalue weighted by Crippen LogP contribution is -1.99. The SMILES string of the molecule is C=c1cc2[nH]/c(=C\c3cc4sc(C)cc4[nH]3)cc2s1. The number of aryl methyl sites for hydroxylation is 1. The number of rotatable bonds is 1. The van der Waals surface area contributed by atoms with Crippen LogP contribution in [0.2, 0.25) is 0 Å². The summed E-state index contributed by atoms with van der Waals surface area (Å²) in [6.45, 7) is 6.09. The Kier molecular flexibility index (Phi) is 2.25. The fourth-order valence-electron chi connectivity index (χ4n) is 2.39. The Morgan fingerprint density at radius 3 is 2.58 bits per heavy atom. The molecule has 19 heavy (non-hydrogen) atoms. The highest BCUT2D eigenvalue weighted by Gasteiger charge is 2.03. The van der Waals surface area contributed by atoms with Gasteiger partial charge in [0.25, 0.3) is 0 Å². The molecule has 0 saturated heterocycles. The maximum Gasteiger partial charge on any atom is 0.0574 e. The minimum absolute atomic E-state index is 1.10. The van der Waals surface area contributed by atoms with Crippen molar-refractivity contribution in [2.75, 3.05) is 0 Å². The third-order valence-corrected chi connectivity index (χ3v) is 5.07. The van der Waals surface area contributed by atoms with Gasteiger partial charge in [-0.05, 0) is 37.3 Å². The van der Waals surface area contributed by atoms with Gasteiger partial charge in [0.1, 0.15) is 0 Å². The van der Waals surface area contributed by atoms with Crippen LogP contribution < -0.4 is 9.88 Å². The molecule has 2 N–H and O–H groups in total. The molecule has 0 amide bonds. The molecule has 0 aliphatic carbocycles. The molecule has 4 aromatic rings. The first-order valence-electron chi connectivity index (χ1n) is 6.06. The zero-order chi connectivity index (χ0) is 13.0. The van der Waals surface area contributed by atoms with Crippen LogP contribution in [0.25, 0.3) is 33.1 Å². The summed E-state index contributed by atoms with van der Waals surface area (Å²) in [6, 6.07) is 8.66. The van der Waals surface area contributed by atoms with Gasteiger partial charge in [-0.2, -0.15) is 0 Å². The predicted molar refractivity (Wildman–Crippen MR) is 85.4 cm³/mol. The maximum atomic E-state index is 3.96. The summed E-state index contributed by atoms with van der Waals surface area (Å²) in [6.07, 6.45) is 2.15. The molecule has 2 nitrogen and oxygen atoms in total. The van der Waals surface area contributed by atoms with E-state index in [2.05, 4.69) is 53.8 Å². The highest BCUT2D eigenvalue weighted by molar-refractivity contribution is 7.19. The van der Waals surface area contributed by atoms with Crippen molar-refractivity contribution in [1.29, 1.82) is 0 Å². The van der Waals surface area contributed by atoms with Crippen molar-refractivity contribution in [1.82, 2.24) is 9.97 Å². The molecular formula is C15H12N2S2. The molecule has 4 heteroatoms. The number of thiophene rings is 2. The normalized spacial score (nSPS) is 13.0. The monoisotopic (exact) mass is 284 g/mol. The van der Waals surface area contributed by atoms with Crippen molar-refractivity contribution >= 4 is 55.8 Å². The van der Waals surface area contributed by atoms with E-state index in [0.29, 0.717) is 0 Å². The lowest BCUT2D eigenvalue weighted by molar-refractivity contribution is 1.35. The zero-order valence-corrected chi connectivity index (χ0v) is 12.0. The molecule has 4 rings (SSSR count). The lowest BCUT2D eigenvalue weighted by atomic mass is 10.4. The van der Waals surface area contributed by atoms with E-state index >= 15 is 0 Å². The lowest BCUT2D eigenvalue weighted by Gasteiger charge is -1.84. The second kappa shape index (κ2) is 3.85. The van der Waals surface area contributed by atoms with Gasteiger partial charge >= 0.3 is 0 Å². The van der Waals surface area contributed by atoms with E-state index in [1.807, 2.05) is 11.3 Å². The van der Waals surface area contributed by atoms with E-state index in [1.165, 1.54) is 25.3 Å². The number of aromatic amines is 2. The molecular weight excluding hydrogens is 272 g/mol. The highest BCUT2D eigenvalue weighted by Crippen LogP contribution is 2.25. The Hall–Kier alpha value is -1.78. The molecule has 0 spiro atoms. The third kappa shape index (κ3) is 1.84. The summed E-state index contributed by atoms with van der Waals surface area (Å²) < 4.78 is 3.68. The third-order valence-electron chi connectivity index (χ3n) is 3.14. The Balaban J connectivity index is 1.86. The quantitative estimate of drug-likeness (QED) is 0.537. The zero-order valence-electron chi connectivity index (χ0n) is 10.4. The Bertz CT molecular complexity index is 925. The van der Waals surface area contributed by atoms with Crippen LogP contribution in [0.4, 0.5) is 0 Å². The fourth-order valence-corrected chi connectivity index (χ4v) is 4.18. The second-order valence-corrected chi connectivity index (χ2v) is 7.18. The number of aromatic nitrogens is 2. The van der Waals surface area contributed by atoms with Gasteiger partial charge in [-0.1, -0.05) is 6.58 Å². The summed E-state index contributed by atoms with van der Waals surface area (Å²) in [4.78, 5) is 8.19. The molecule has 0 aliphatic heterocycles. The first-order chi connectivity index (χ1) is 9.17. The van der Waals surface area contributed by atoms with Gasteiger partial charge < -0.3 is 9.97 Å². The summed E-state index contributed by atoms with van der Waals surface area (Å²) in [5.41, 5.74) is 3.54. The van der Waals surface area contributed by atoms with E-state index in [-0.39, 0.29) is 0 Å². The maximum absolute atomic E-state index is 3.96. The molecule has 0 atom stereocenters. The summed E-state index contributed by atoms with van der Waals surface area (Å²) >= 11 is 3.55. The van der Waals surface area contributed by atoms with Crippen LogP contribution in [0.3, 0.4) is 0 Å². The average Bonchev–Trinajstić information content (AvgIpc) is 2.97. The van der Waals surface area contributed by atoms with Gasteiger partial charge in [-0.25, -0.2) is 0 Å². The van der Waals surface area contributed by atoms with Crippen LogP contribution in [0.1, 0.15) is 10.6 Å². The number of H-pyrrole nitrogens is 2. The van der Waals surface area contributed by atoms with Crippen molar-refractivity contribution < 1.29 is 0 Å². The minimum atomic E-state index is 1.10. The molecule has 0 fully saturated rings. The van der Waals surface area contributed by atoms with Crippen LogP contribution in [-0.4, -0.2) is 9.97 Å². The smallest absolute Gasteiger partial charge is 0.0574 e. The molecule has 0 saturated carbocycles. The van der Waals surface area contributed by atoms with Gasteiger partial charge in [0.2, 0.25) is 0 Å². The van der Waals surface area contributed by atoms with Gasteiger partial charge in [0.05, 0.1) is 20.4 Å². The number of hydrogen-bond acceptors (Lipinski definition) is 2. The highest BCUT2D eigenvalue weighted by atomic mass is 32.1.